The van der Waals surface area contributed by atoms with E-state index in [-0.39, 0.29) is 0 Å². The number of benzene rings is 1. The van der Waals surface area contributed by atoms with Gasteiger partial charge in [0.1, 0.15) is 5.75 Å². The van der Waals surface area contributed by atoms with Gasteiger partial charge in [0.25, 0.3) is 0 Å². The van der Waals surface area contributed by atoms with Crippen molar-refractivity contribution in [2.24, 2.45) is 0 Å². The van der Waals surface area contributed by atoms with Crippen LogP contribution < -0.4 is 0 Å². The Bertz CT molecular complexity index is 545. The van der Waals surface area contributed by atoms with Crippen LogP contribution in [0.3, 0.4) is 0 Å². The highest BCUT2D eigenvalue weighted by Gasteiger charge is 2.27. The number of rotatable bonds is 4. The van der Waals surface area contributed by atoms with Crippen molar-refractivity contribution in [3.63, 3.8) is 0 Å². The van der Waals surface area contributed by atoms with Crippen LogP contribution in [0.15, 0.2) is 12.1 Å². The SMILES string of the molecule is Oc1c(C2CCCCCCC2)cc(CC2CO2)cc1C1CCCCCCC1. The molecule has 1 heterocycles. The molecule has 2 nitrogen and oxygen atoms in total. The first kappa shape index (κ1) is 19.3. The summed E-state index contributed by atoms with van der Waals surface area (Å²) in [6.45, 7) is 0.915. The normalized spacial score (nSPS) is 26.0. The quantitative estimate of drug-likeness (QED) is 0.579. The van der Waals surface area contributed by atoms with Crippen LogP contribution in [0.1, 0.15) is 118 Å². The van der Waals surface area contributed by atoms with Gasteiger partial charge in [-0.3, -0.25) is 0 Å². The molecule has 27 heavy (non-hydrogen) atoms. The summed E-state index contributed by atoms with van der Waals surface area (Å²) in [5, 5.41) is 11.4. The van der Waals surface area contributed by atoms with Crippen LogP contribution in [-0.2, 0) is 11.2 Å². The van der Waals surface area contributed by atoms with Crippen LogP contribution in [0.4, 0.5) is 0 Å². The molecule has 0 radical (unpaired) electrons. The Labute approximate surface area is 165 Å². The lowest BCUT2D eigenvalue weighted by Crippen LogP contribution is -2.09. The number of epoxide rings is 1. The number of phenolic OH excluding ortho intramolecular Hbond substituents is 1. The average molecular weight is 371 g/mol. The third-order valence-electron chi connectivity index (χ3n) is 7.18. The summed E-state index contributed by atoms with van der Waals surface area (Å²) in [6.07, 6.45) is 20.0. The van der Waals surface area contributed by atoms with Crippen molar-refractivity contribution < 1.29 is 9.84 Å². The standard InChI is InChI=1S/C25H38O2/c26-25-23(20-11-7-3-1-4-8-12-20)16-19(15-22-18-27-22)17-24(25)21-13-9-5-2-6-10-14-21/h16-17,20-22,26H,1-15,18H2. The Kier molecular flexibility index (Phi) is 6.76. The molecule has 1 N–H and O–H groups in total. The van der Waals surface area contributed by atoms with Crippen LogP contribution in [0.5, 0.6) is 5.75 Å². The molecule has 0 aromatic heterocycles. The minimum atomic E-state index is 0.421. The zero-order valence-electron chi connectivity index (χ0n) is 17.1. The van der Waals surface area contributed by atoms with Gasteiger partial charge in [0.15, 0.2) is 0 Å². The summed E-state index contributed by atoms with van der Waals surface area (Å²) in [5.41, 5.74) is 3.95. The Morgan fingerprint density at radius 2 is 1.11 bits per heavy atom. The second-order valence-electron chi connectivity index (χ2n) is 9.37. The first-order valence-corrected chi connectivity index (χ1v) is 11.8. The molecule has 1 aromatic rings. The Balaban J connectivity index is 1.63. The average Bonchev–Trinajstić information content (AvgIpc) is 3.41. The first-order valence-electron chi connectivity index (χ1n) is 11.8. The molecule has 0 spiro atoms. The van der Waals surface area contributed by atoms with E-state index in [9.17, 15) is 5.11 Å². The van der Waals surface area contributed by atoms with E-state index in [2.05, 4.69) is 12.1 Å². The summed E-state index contributed by atoms with van der Waals surface area (Å²) in [5.74, 6) is 1.77. The number of hydrogen-bond donors (Lipinski definition) is 1. The Morgan fingerprint density at radius 1 is 0.704 bits per heavy atom. The van der Waals surface area contributed by atoms with E-state index < -0.39 is 0 Å². The largest absolute Gasteiger partial charge is 0.507 e. The molecule has 150 valence electrons. The number of aromatic hydroxyl groups is 1. The maximum atomic E-state index is 11.4. The van der Waals surface area contributed by atoms with Crippen LogP contribution in [-0.4, -0.2) is 17.8 Å². The predicted molar refractivity (Wildman–Crippen MR) is 112 cm³/mol. The van der Waals surface area contributed by atoms with Gasteiger partial charge in [-0.25, -0.2) is 0 Å². The van der Waals surface area contributed by atoms with Crippen molar-refractivity contribution in [3.8, 4) is 5.75 Å². The fraction of sp³-hybridized carbons (Fsp3) is 0.760. The molecule has 1 aliphatic heterocycles. The topological polar surface area (TPSA) is 32.8 Å². The summed E-state index contributed by atoms with van der Waals surface area (Å²) in [6, 6.07) is 4.69. The van der Waals surface area contributed by atoms with E-state index in [4.69, 9.17) is 4.74 Å². The molecule has 3 aliphatic rings. The lowest BCUT2D eigenvalue weighted by Gasteiger charge is -2.27. The fourth-order valence-corrected chi connectivity index (χ4v) is 5.47. The highest BCUT2D eigenvalue weighted by atomic mass is 16.6. The third-order valence-corrected chi connectivity index (χ3v) is 7.18. The molecule has 1 saturated heterocycles. The van der Waals surface area contributed by atoms with Gasteiger partial charge in [-0.05, 0) is 54.2 Å². The second-order valence-corrected chi connectivity index (χ2v) is 9.37. The van der Waals surface area contributed by atoms with Crippen molar-refractivity contribution in [1.29, 1.82) is 0 Å². The maximum Gasteiger partial charge on any atom is 0.122 e. The number of phenols is 1. The van der Waals surface area contributed by atoms with Crippen LogP contribution >= 0.6 is 0 Å². The zero-order chi connectivity index (χ0) is 18.5. The highest BCUT2D eigenvalue weighted by Crippen LogP contribution is 2.43. The number of ether oxygens (including phenoxy) is 1. The van der Waals surface area contributed by atoms with Gasteiger partial charge in [-0.2, -0.15) is 0 Å². The minimum absolute atomic E-state index is 0.421. The van der Waals surface area contributed by atoms with Crippen molar-refractivity contribution in [2.75, 3.05) is 6.61 Å². The molecule has 0 amide bonds. The van der Waals surface area contributed by atoms with E-state index >= 15 is 0 Å². The molecule has 4 rings (SSSR count). The van der Waals surface area contributed by atoms with E-state index in [1.54, 1.807) is 0 Å². The molecular formula is C25H38O2. The van der Waals surface area contributed by atoms with Crippen molar-refractivity contribution in [3.05, 3.63) is 28.8 Å². The van der Waals surface area contributed by atoms with Crippen molar-refractivity contribution in [2.45, 2.75) is 114 Å². The summed E-state index contributed by atoms with van der Waals surface area (Å²) in [7, 11) is 0. The maximum absolute atomic E-state index is 11.4. The van der Waals surface area contributed by atoms with Gasteiger partial charge >= 0.3 is 0 Å². The lowest BCUT2D eigenvalue weighted by molar-refractivity contribution is 0.399. The molecule has 3 fully saturated rings. The van der Waals surface area contributed by atoms with Crippen molar-refractivity contribution >= 4 is 0 Å². The van der Waals surface area contributed by atoms with Gasteiger partial charge in [-0.1, -0.05) is 76.3 Å². The van der Waals surface area contributed by atoms with Crippen LogP contribution in [0.25, 0.3) is 0 Å². The molecule has 0 bridgehead atoms. The van der Waals surface area contributed by atoms with Gasteiger partial charge in [-0.15, -0.1) is 0 Å². The molecule has 2 saturated carbocycles. The Morgan fingerprint density at radius 3 is 1.52 bits per heavy atom. The molecule has 2 aliphatic carbocycles. The molecule has 1 atom stereocenters. The number of hydrogen-bond acceptors (Lipinski definition) is 2. The van der Waals surface area contributed by atoms with E-state index in [1.807, 2.05) is 0 Å². The lowest BCUT2D eigenvalue weighted by atomic mass is 9.79. The molecular weight excluding hydrogens is 332 g/mol. The summed E-state index contributed by atoms with van der Waals surface area (Å²) >= 11 is 0. The van der Waals surface area contributed by atoms with Gasteiger partial charge in [0.2, 0.25) is 0 Å². The zero-order valence-corrected chi connectivity index (χ0v) is 17.1. The molecule has 2 heteroatoms. The monoisotopic (exact) mass is 370 g/mol. The summed E-state index contributed by atoms with van der Waals surface area (Å²) < 4.78 is 5.52. The third kappa shape index (κ3) is 5.28. The molecule has 1 unspecified atom stereocenters. The Hall–Kier alpha value is -1.02. The first-order chi connectivity index (χ1) is 13.3. The van der Waals surface area contributed by atoms with E-state index in [1.165, 1.54) is 107 Å². The highest BCUT2D eigenvalue weighted by molar-refractivity contribution is 5.48. The van der Waals surface area contributed by atoms with Gasteiger partial charge < -0.3 is 9.84 Å². The smallest absolute Gasteiger partial charge is 0.122 e. The van der Waals surface area contributed by atoms with Crippen molar-refractivity contribution in [1.82, 2.24) is 0 Å². The van der Waals surface area contributed by atoms with Crippen LogP contribution in [0.2, 0.25) is 0 Å². The fourth-order valence-electron chi connectivity index (χ4n) is 5.47. The van der Waals surface area contributed by atoms with Crippen LogP contribution in [0, 0.1) is 0 Å². The van der Waals surface area contributed by atoms with Gasteiger partial charge in [0, 0.05) is 6.42 Å². The van der Waals surface area contributed by atoms with E-state index in [0.717, 1.165) is 13.0 Å². The second kappa shape index (κ2) is 9.45. The van der Waals surface area contributed by atoms with Gasteiger partial charge in [0.05, 0.1) is 12.7 Å². The predicted octanol–water partition coefficient (Wildman–Crippen LogP) is 6.99. The van der Waals surface area contributed by atoms with E-state index in [0.29, 0.717) is 23.7 Å². The summed E-state index contributed by atoms with van der Waals surface area (Å²) in [4.78, 5) is 0. The minimum Gasteiger partial charge on any atom is -0.507 e. The molecule has 1 aromatic carbocycles.